The Morgan fingerprint density at radius 1 is 1.12 bits per heavy atom. The lowest BCUT2D eigenvalue weighted by Gasteiger charge is -2.22. The van der Waals surface area contributed by atoms with Crippen molar-refractivity contribution in [3.8, 4) is 0 Å². The summed E-state index contributed by atoms with van der Waals surface area (Å²) in [5, 5.41) is 3.50. The highest BCUT2D eigenvalue weighted by Crippen LogP contribution is 2.35. The summed E-state index contributed by atoms with van der Waals surface area (Å²) in [7, 11) is 0. The van der Waals surface area contributed by atoms with Crippen molar-refractivity contribution >= 4 is 5.96 Å². The Balaban J connectivity index is 1.35. The van der Waals surface area contributed by atoms with Crippen molar-refractivity contribution in [2.75, 3.05) is 52.6 Å². The predicted molar refractivity (Wildman–Crippen MR) is 102 cm³/mol. The zero-order valence-corrected chi connectivity index (χ0v) is 16.0. The molecule has 1 N–H and O–H groups in total. The Morgan fingerprint density at radius 2 is 1.84 bits per heavy atom. The molecule has 0 aromatic carbocycles. The highest BCUT2D eigenvalue weighted by molar-refractivity contribution is 5.80. The number of rotatable bonds is 7. The molecule has 2 saturated heterocycles. The number of hydrogen-bond acceptors (Lipinski definition) is 3. The Hall–Kier alpha value is -0.810. The molecule has 1 aliphatic carbocycles. The molecule has 0 aromatic rings. The number of guanidine groups is 1. The summed E-state index contributed by atoms with van der Waals surface area (Å²) < 4.78 is 11.3. The molecule has 0 aromatic heterocycles. The van der Waals surface area contributed by atoms with Crippen LogP contribution in [0.2, 0.25) is 0 Å². The normalized spacial score (nSPS) is 28.2. The van der Waals surface area contributed by atoms with Crippen molar-refractivity contribution in [3.63, 3.8) is 0 Å². The van der Waals surface area contributed by atoms with Gasteiger partial charge in [-0.3, -0.25) is 4.99 Å². The van der Waals surface area contributed by atoms with Gasteiger partial charge in [0.25, 0.3) is 0 Å². The second kappa shape index (κ2) is 10.4. The maximum atomic E-state index is 5.86. The van der Waals surface area contributed by atoms with Gasteiger partial charge < -0.3 is 19.7 Å². The Bertz CT molecular complexity index is 396. The summed E-state index contributed by atoms with van der Waals surface area (Å²) in [6, 6.07) is 0. The standard InChI is InChI=1S/C20H37N3O2/c1-2-21-20(23-14-18-6-3-4-7-19(18)15-23)22-10-5-11-25-16-17-8-12-24-13-9-17/h17-19H,2-16H2,1H3,(H,21,22). The van der Waals surface area contributed by atoms with Crippen molar-refractivity contribution in [2.24, 2.45) is 22.7 Å². The minimum absolute atomic E-state index is 0.697. The fourth-order valence-electron chi connectivity index (χ4n) is 4.52. The molecule has 0 radical (unpaired) electrons. The largest absolute Gasteiger partial charge is 0.381 e. The maximum Gasteiger partial charge on any atom is 0.193 e. The van der Waals surface area contributed by atoms with E-state index in [1.807, 2.05) is 0 Å². The molecule has 2 heterocycles. The molecule has 25 heavy (non-hydrogen) atoms. The molecule has 3 fully saturated rings. The third kappa shape index (κ3) is 5.85. The number of likely N-dealkylation sites (tertiary alicyclic amines) is 1. The minimum atomic E-state index is 0.697. The van der Waals surface area contributed by atoms with Gasteiger partial charge in [-0.15, -0.1) is 0 Å². The van der Waals surface area contributed by atoms with Gasteiger partial charge in [0.15, 0.2) is 5.96 Å². The summed E-state index contributed by atoms with van der Waals surface area (Å²) in [6.45, 7) is 9.91. The molecule has 0 spiro atoms. The number of aliphatic imine (C=N–C) groups is 1. The van der Waals surface area contributed by atoms with Crippen LogP contribution in [-0.4, -0.2) is 63.5 Å². The lowest BCUT2D eigenvalue weighted by atomic mass is 9.82. The summed E-state index contributed by atoms with van der Waals surface area (Å²) in [6.07, 6.45) is 9.00. The smallest absolute Gasteiger partial charge is 0.193 e. The highest BCUT2D eigenvalue weighted by Gasteiger charge is 2.35. The van der Waals surface area contributed by atoms with Gasteiger partial charge in [0.2, 0.25) is 0 Å². The van der Waals surface area contributed by atoms with Crippen LogP contribution in [0.15, 0.2) is 4.99 Å². The summed E-state index contributed by atoms with van der Waals surface area (Å²) in [5.41, 5.74) is 0. The molecule has 2 aliphatic heterocycles. The van der Waals surface area contributed by atoms with Crippen LogP contribution in [-0.2, 0) is 9.47 Å². The molecular weight excluding hydrogens is 314 g/mol. The molecule has 3 rings (SSSR count). The van der Waals surface area contributed by atoms with Gasteiger partial charge >= 0.3 is 0 Å². The van der Waals surface area contributed by atoms with Gasteiger partial charge in [0, 0.05) is 52.6 Å². The van der Waals surface area contributed by atoms with Crippen LogP contribution < -0.4 is 5.32 Å². The summed E-state index contributed by atoms with van der Waals surface area (Å²) >= 11 is 0. The van der Waals surface area contributed by atoms with Gasteiger partial charge in [-0.2, -0.15) is 0 Å². The Morgan fingerprint density at radius 3 is 2.52 bits per heavy atom. The molecule has 144 valence electrons. The summed E-state index contributed by atoms with van der Waals surface area (Å²) in [5.74, 6) is 3.63. The van der Waals surface area contributed by atoms with E-state index < -0.39 is 0 Å². The van der Waals surface area contributed by atoms with Crippen molar-refractivity contribution in [1.82, 2.24) is 10.2 Å². The fourth-order valence-corrected chi connectivity index (χ4v) is 4.52. The van der Waals surface area contributed by atoms with Crippen molar-refractivity contribution in [2.45, 2.75) is 51.9 Å². The van der Waals surface area contributed by atoms with Gasteiger partial charge in [-0.25, -0.2) is 0 Å². The second-order valence-corrected chi connectivity index (χ2v) is 7.93. The van der Waals surface area contributed by atoms with Crippen molar-refractivity contribution < 1.29 is 9.47 Å². The third-order valence-corrected chi connectivity index (χ3v) is 6.01. The van der Waals surface area contributed by atoms with Gasteiger partial charge in [-0.05, 0) is 56.8 Å². The van der Waals surface area contributed by atoms with Crippen LogP contribution >= 0.6 is 0 Å². The fraction of sp³-hybridized carbons (Fsp3) is 0.950. The Kier molecular flexibility index (Phi) is 7.86. The SMILES string of the molecule is CCNC(=NCCCOCC1CCOCC1)N1CC2CCCCC2C1. The van der Waals surface area contributed by atoms with E-state index in [1.54, 1.807) is 0 Å². The van der Waals surface area contributed by atoms with Crippen molar-refractivity contribution in [1.29, 1.82) is 0 Å². The van der Waals surface area contributed by atoms with Crippen LogP contribution in [0.1, 0.15) is 51.9 Å². The first-order chi connectivity index (χ1) is 12.4. The Labute approximate surface area is 153 Å². The zero-order valence-electron chi connectivity index (χ0n) is 16.0. The number of hydrogen-bond donors (Lipinski definition) is 1. The van der Waals surface area contributed by atoms with E-state index in [0.29, 0.717) is 5.92 Å². The van der Waals surface area contributed by atoms with Gasteiger partial charge in [0.05, 0.1) is 0 Å². The maximum absolute atomic E-state index is 5.86. The van der Waals surface area contributed by atoms with E-state index in [-0.39, 0.29) is 0 Å². The van der Waals surface area contributed by atoms with Crippen LogP contribution in [0, 0.1) is 17.8 Å². The predicted octanol–water partition coefficient (Wildman–Crippen LogP) is 2.91. The molecule has 2 unspecified atom stereocenters. The molecule has 5 nitrogen and oxygen atoms in total. The average Bonchev–Trinajstić information content (AvgIpc) is 3.08. The van der Waals surface area contributed by atoms with E-state index >= 15 is 0 Å². The molecule has 5 heteroatoms. The van der Waals surface area contributed by atoms with Crippen LogP contribution in [0.3, 0.4) is 0 Å². The van der Waals surface area contributed by atoms with Gasteiger partial charge in [-0.1, -0.05) is 12.8 Å². The molecule has 0 bridgehead atoms. The van der Waals surface area contributed by atoms with E-state index in [9.17, 15) is 0 Å². The topological polar surface area (TPSA) is 46.1 Å². The average molecular weight is 352 g/mol. The molecule has 0 amide bonds. The minimum Gasteiger partial charge on any atom is -0.381 e. The van der Waals surface area contributed by atoms with Crippen LogP contribution in [0.4, 0.5) is 0 Å². The first kappa shape index (κ1) is 19.0. The lowest BCUT2D eigenvalue weighted by Crippen LogP contribution is -2.40. The second-order valence-electron chi connectivity index (χ2n) is 7.93. The number of nitrogens with one attached hydrogen (secondary N) is 1. The quantitative estimate of drug-likeness (QED) is 0.435. The van der Waals surface area contributed by atoms with Gasteiger partial charge in [0.1, 0.15) is 0 Å². The highest BCUT2D eigenvalue weighted by atomic mass is 16.5. The summed E-state index contributed by atoms with van der Waals surface area (Å²) in [4.78, 5) is 7.38. The number of fused-ring (bicyclic) bond motifs is 1. The van der Waals surface area contributed by atoms with E-state index in [0.717, 1.165) is 76.6 Å². The molecular formula is C20H37N3O2. The van der Waals surface area contributed by atoms with Crippen LogP contribution in [0.25, 0.3) is 0 Å². The lowest BCUT2D eigenvalue weighted by molar-refractivity contribution is 0.0205. The third-order valence-electron chi connectivity index (χ3n) is 6.01. The van der Waals surface area contributed by atoms with Crippen LogP contribution in [0.5, 0.6) is 0 Å². The molecule has 2 atom stereocenters. The monoisotopic (exact) mass is 351 g/mol. The number of ether oxygens (including phenoxy) is 2. The first-order valence-electron chi connectivity index (χ1n) is 10.6. The van der Waals surface area contributed by atoms with E-state index in [2.05, 4.69) is 17.1 Å². The van der Waals surface area contributed by atoms with E-state index in [1.165, 1.54) is 38.8 Å². The number of nitrogens with zero attached hydrogens (tertiary/aromatic N) is 2. The van der Waals surface area contributed by atoms with E-state index in [4.69, 9.17) is 14.5 Å². The zero-order chi connectivity index (χ0) is 17.3. The first-order valence-corrected chi connectivity index (χ1v) is 10.6. The van der Waals surface area contributed by atoms with Crippen molar-refractivity contribution in [3.05, 3.63) is 0 Å². The molecule has 3 aliphatic rings. The molecule has 1 saturated carbocycles.